The summed E-state index contributed by atoms with van der Waals surface area (Å²) in [5.74, 6) is -1.04. The van der Waals surface area contributed by atoms with Crippen LogP contribution in [0.25, 0.3) is 0 Å². The van der Waals surface area contributed by atoms with Crippen LogP contribution in [0.1, 0.15) is 48.8 Å². The molecule has 2 aromatic rings. The number of hydrogen-bond donors (Lipinski definition) is 5. The van der Waals surface area contributed by atoms with Crippen molar-refractivity contribution in [2.45, 2.75) is 56.5 Å². The largest absolute Gasteiger partial charge is 0.493 e. The van der Waals surface area contributed by atoms with Gasteiger partial charge in [0.2, 0.25) is 0 Å². The number of ether oxygens (including phenoxy) is 4. The lowest BCUT2D eigenvalue weighted by molar-refractivity contribution is -0.165. The van der Waals surface area contributed by atoms with Gasteiger partial charge < -0.3 is 44.5 Å². The number of nitrogens with zero attached hydrogens (tertiary/aromatic N) is 2. The van der Waals surface area contributed by atoms with Gasteiger partial charge in [-0.2, -0.15) is 0 Å². The molecule has 0 amide bonds. The van der Waals surface area contributed by atoms with Crippen molar-refractivity contribution >= 4 is 17.7 Å². The zero-order valence-electron chi connectivity index (χ0n) is 22.6. The molecule has 1 aliphatic heterocycles. The van der Waals surface area contributed by atoms with Crippen LogP contribution in [0.2, 0.25) is 0 Å². The number of fused-ring (bicyclic) bond motifs is 3. The number of benzene rings is 1. The maximum absolute atomic E-state index is 10.3. The molecule has 2 aliphatic rings. The van der Waals surface area contributed by atoms with Crippen LogP contribution in [-0.4, -0.2) is 100 Å². The molecule has 2 heterocycles. The van der Waals surface area contributed by atoms with Gasteiger partial charge in [0, 0.05) is 23.2 Å². The van der Waals surface area contributed by atoms with Crippen LogP contribution in [0, 0.1) is 0 Å². The maximum atomic E-state index is 10.3. The molecule has 40 heavy (non-hydrogen) atoms. The third-order valence-electron chi connectivity index (χ3n) is 6.68. The van der Waals surface area contributed by atoms with E-state index in [0.29, 0.717) is 36.2 Å². The average Bonchev–Trinajstić information content (AvgIpc) is 2.95. The van der Waals surface area contributed by atoms with Gasteiger partial charge in [-0.25, -0.2) is 14.6 Å². The lowest BCUT2D eigenvalue weighted by Gasteiger charge is -2.37. The van der Waals surface area contributed by atoms with E-state index in [-0.39, 0.29) is 18.1 Å². The van der Waals surface area contributed by atoms with Crippen LogP contribution in [0.4, 0.5) is 0 Å². The first-order valence-electron chi connectivity index (χ1n) is 12.6. The number of carboxylic acids is 2. The predicted octanol–water partition coefficient (Wildman–Crippen LogP) is 1.23. The van der Waals surface area contributed by atoms with Crippen molar-refractivity contribution < 1.29 is 54.1 Å². The number of aromatic nitrogens is 1. The Bertz CT molecular complexity index is 1230. The summed E-state index contributed by atoms with van der Waals surface area (Å²) < 4.78 is 22.2. The minimum absolute atomic E-state index is 0.104. The van der Waals surface area contributed by atoms with Gasteiger partial charge in [0.25, 0.3) is 5.88 Å². The zero-order valence-corrected chi connectivity index (χ0v) is 22.6. The second-order valence-electron chi connectivity index (χ2n) is 9.14. The van der Waals surface area contributed by atoms with Gasteiger partial charge >= 0.3 is 11.9 Å². The number of pyridine rings is 1. The molecule has 13 nitrogen and oxygen atoms in total. The van der Waals surface area contributed by atoms with E-state index >= 15 is 0 Å². The van der Waals surface area contributed by atoms with E-state index < -0.39 is 24.1 Å². The highest BCUT2D eigenvalue weighted by Crippen LogP contribution is 2.45. The first kappa shape index (κ1) is 30.6. The Kier molecular flexibility index (Phi) is 10.3. The monoisotopic (exact) mass is 562 g/mol. The van der Waals surface area contributed by atoms with Gasteiger partial charge in [-0.1, -0.05) is 0 Å². The Hall–Kier alpha value is -3.94. The first-order valence-corrected chi connectivity index (χ1v) is 12.6. The highest BCUT2D eigenvalue weighted by Gasteiger charge is 2.37. The van der Waals surface area contributed by atoms with E-state index in [1.807, 2.05) is 19.1 Å². The van der Waals surface area contributed by atoms with Crippen LogP contribution in [-0.2, 0) is 9.59 Å². The van der Waals surface area contributed by atoms with Crippen molar-refractivity contribution in [1.82, 2.24) is 4.98 Å². The molecule has 218 valence electrons. The summed E-state index contributed by atoms with van der Waals surface area (Å²) in [5.41, 5.74) is 3.80. The molecule has 0 radical (unpaired) electrons. The number of methoxy groups -OCH3 is 3. The fourth-order valence-corrected chi connectivity index (χ4v) is 4.73. The fraction of sp³-hybridized carbons (Fsp3) is 0.481. The molecule has 0 spiro atoms. The third-order valence-corrected chi connectivity index (χ3v) is 6.68. The van der Waals surface area contributed by atoms with Gasteiger partial charge in [0.15, 0.2) is 29.5 Å². The molecule has 1 aromatic carbocycles. The van der Waals surface area contributed by atoms with E-state index in [0.717, 1.165) is 35.2 Å². The van der Waals surface area contributed by atoms with Crippen LogP contribution in [0.5, 0.6) is 23.1 Å². The number of aliphatic hydroxyl groups is 3. The van der Waals surface area contributed by atoms with Crippen molar-refractivity contribution in [2.24, 2.45) is 4.99 Å². The normalized spacial score (nSPS) is 20.8. The van der Waals surface area contributed by atoms with E-state index in [1.54, 1.807) is 27.5 Å². The SMILES string of the molecule is CCOc1cc2c(cc1OC)C(c1cnc(OC)c(OC)c1)=N[C@@H]1CC[C@@H](O)C[C@H]21.O=C(O)C(O)C(O)C(=O)O. The number of aliphatic carboxylic acids is 2. The number of rotatable bonds is 9. The molecule has 13 heteroatoms. The molecule has 0 saturated heterocycles. The van der Waals surface area contributed by atoms with Crippen LogP contribution >= 0.6 is 0 Å². The number of hydrogen-bond acceptors (Lipinski definition) is 11. The van der Waals surface area contributed by atoms with Crippen LogP contribution in [0.15, 0.2) is 29.4 Å². The fourth-order valence-electron chi connectivity index (χ4n) is 4.73. The van der Waals surface area contributed by atoms with E-state index in [2.05, 4.69) is 11.1 Å². The summed E-state index contributed by atoms with van der Waals surface area (Å²) in [6.07, 6.45) is -0.801. The third kappa shape index (κ3) is 6.61. The topological polar surface area (TPSA) is 197 Å². The molecule has 5 atom stereocenters. The number of carboxylic acid groups (broad SMARTS) is 2. The molecule has 5 N–H and O–H groups in total. The van der Waals surface area contributed by atoms with Crippen LogP contribution in [0.3, 0.4) is 0 Å². The molecule has 1 saturated carbocycles. The van der Waals surface area contributed by atoms with Gasteiger partial charge in [-0.05, 0) is 49.9 Å². The Balaban J connectivity index is 0.000000378. The summed E-state index contributed by atoms with van der Waals surface area (Å²) in [5, 5.41) is 42.8. The van der Waals surface area contributed by atoms with Crippen LogP contribution < -0.4 is 18.9 Å². The Morgan fingerprint density at radius 3 is 2.15 bits per heavy atom. The minimum Gasteiger partial charge on any atom is -0.493 e. The Labute approximate surface area is 230 Å². The van der Waals surface area contributed by atoms with Gasteiger partial charge in [-0.15, -0.1) is 0 Å². The summed E-state index contributed by atoms with van der Waals surface area (Å²) in [7, 11) is 4.79. The molecule has 2 unspecified atom stereocenters. The number of aliphatic imine (C=N–C) groups is 1. The first-order chi connectivity index (χ1) is 19.1. The number of carbonyl (C=O) groups is 2. The predicted molar refractivity (Wildman–Crippen MR) is 141 cm³/mol. The molecule has 1 aliphatic carbocycles. The summed E-state index contributed by atoms with van der Waals surface area (Å²) in [4.78, 5) is 29.0. The Morgan fingerprint density at radius 1 is 0.950 bits per heavy atom. The van der Waals surface area contributed by atoms with Crippen molar-refractivity contribution in [1.29, 1.82) is 0 Å². The summed E-state index contributed by atoms with van der Waals surface area (Å²) in [6, 6.07) is 6.03. The smallest absolute Gasteiger partial charge is 0.335 e. The quantitative estimate of drug-likeness (QED) is 0.293. The number of aliphatic hydroxyl groups excluding tert-OH is 3. The Morgan fingerprint density at radius 2 is 1.60 bits per heavy atom. The highest BCUT2D eigenvalue weighted by atomic mass is 16.5. The molecule has 0 bridgehead atoms. The minimum atomic E-state index is -2.27. The zero-order chi connectivity index (χ0) is 29.6. The van der Waals surface area contributed by atoms with Crippen molar-refractivity contribution in [3.05, 3.63) is 41.1 Å². The van der Waals surface area contributed by atoms with Gasteiger partial charge in [0.1, 0.15) is 0 Å². The average molecular weight is 563 g/mol. The lowest BCUT2D eigenvalue weighted by Crippen LogP contribution is -2.39. The second-order valence-corrected chi connectivity index (χ2v) is 9.14. The van der Waals surface area contributed by atoms with Crippen molar-refractivity contribution in [3.8, 4) is 23.1 Å². The van der Waals surface area contributed by atoms with Crippen molar-refractivity contribution in [2.75, 3.05) is 27.9 Å². The maximum Gasteiger partial charge on any atom is 0.335 e. The molecule has 1 fully saturated rings. The summed E-state index contributed by atoms with van der Waals surface area (Å²) >= 11 is 0. The van der Waals surface area contributed by atoms with E-state index in [4.69, 9.17) is 44.4 Å². The second kappa shape index (κ2) is 13.4. The van der Waals surface area contributed by atoms with Gasteiger partial charge in [-0.3, -0.25) is 4.99 Å². The van der Waals surface area contributed by atoms with Gasteiger partial charge in [0.05, 0.1) is 45.8 Å². The molecular weight excluding hydrogens is 528 g/mol. The standard InChI is InChI=1S/C23H28N2O5.C4H6O6/c1-5-30-20-10-15-16-9-14(26)6-7-18(16)25-22(17(15)11-19(20)27-2)13-8-21(28-3)23(29-4)24-12-13;5-1(3(7)8)2(6)4(9)10/h8,10-12,14,16,18,26H,5-7,9H2,1-4H3;1-2,5-6H,(H,7,8)(H,9,10)/t14-,16-,18-;/m1./s1. The molecule has 4 rings (SSSR count). The van der Waals surface area contributed by atoms with Crippen molar-refractivity contribution in [3.63, 3.8) is 0 Å². The lowest BCUT2D eigenvalue weighted by atomic mass is 9.74. The molecule has 1 aromatic heterocycles. The highest BCUT2D eigenvalue weighted by molar-refractivity contribution is 6.15. The van der Waals surface area contributed by atoms with E-state index in [1.165, 1.54) is 0 Å². The van der Waals surface area contributed by atoms with E-state index in [9.17, 15) is 14.7 Å². The molecular formula is C27H34N2O11. The summed E-state index contributed by atoms with van der Waals surface area (Å²) in [6.45, 7) is 2.50.